The van der Waals surface area contributed by atoms with Gasteiger partial charge in [0.2, 0.25) is 0 Å². The number of aliphatic carboxylic acids is 2. The highest BCUT2D eigenvalue weighted by molar-refractivity contribution is 6.31. The zero-order chi connectivity index (χ0) is 26.9. The predicted molar refractivity (Wildman–Crippen MR) is 143 cm³/mol. The molecular weight excluding hydrogens is 523 g/mol. The Morgan fingerprint density at radius 1 is 0.865 bits per heavy atom. The number of rotatable bonds is 7. The Bertz CT molecular complexity index is 1380. The van der Waals surface area contributed by atoms with Gasteiger partial charge in [-0.25, -0.2) is 14.4 Å². The summed E-state index contributed by atoms with van der Waals surface area (Å²) in [5.41, 5.74) is 1.03. The molecule has 0 radical (unpaired) electrons. The number of aromatic amines is 1. The molecule has 1 aliphatic rings. The van der Waals surface area contributed by atoms with Gasteiger partial charge in [-0.15, -0.1) is 0 Å². The van der Waals surface area contributed by atoms with Crippen molar-refractivity contribution in [3.63, 3.8) is 0 Å². The Balaban J connectivity index is 0.000000414. The lowest BCUT2D eigenvalue weighted by Gasteiger charge is -2.36. The van der Waals surface area contributed by atoms with Gasteiger partial charge in [0, 0.05) is 60.6 Å². The number of carboxylic acids is 2. The Hall–Kier alpha value is -3.60. The fourth-order valence-corrected chi connectivity index (χ4v) is 4.20. The molecule has 0 amide bonds. The second-order valence-corrected chi connectivity index (χ2v) is 9.12. The average Bonchev–Trinajstić information content (AvgIpc) is 2.87. The summed E-state index contributed by atoms with van der Waals surface area (Å²) in [6.45, 7) is 5.00. The summed E-state index contributed by atoms with van der Waals surface area (Å²) in [6.07, 6.45) is 1.85. The van der Waals surface area contributed by atoms with Crippen LogP contribution in [0.5, 0.6) is 0 Å². The van der Waals surface area contributed by atoms with Crippen LogP contribution in [-0.2, 0) is 16.1 Å². The molecule has 3 aromatic rings. The van der Waals surface area contributed by atoms with Crippen LogP contribution in [0, 0.1) is 0 Å². The first-order chi connectivity index (χ1) is 17.6. The molecule has 2 heterocycles. The van der Waals surface area contributed by atoms with E-state index in [1.807, 2.05) is 24.3 Å². The van der Waals surface area contributed by atoms with E-state index >= 15 is 0 Å². The second kappa shape index (κ2) is 13.1. The molecule has 37 heavy (non-hydrogen) atoms. The van der Waals surface area contributed by atoms with Gasteiger partial charge in [-0.2, -0.15) is 0 Å². The monoisotopic (exact) mass is 548 g/mol. The number of nitrogens with zero attached hydrogens (tertiary/aromatic N) is 3. The normalized spacial score (nSPS) is 13.9. The molecule has 12 heteroatoms. The molecule has 1 aliphatic heterocycles. The van der Waals surface area contributed by atoms with E-state index in [2.05, 4.69) is 14.8 Å². The van der Waals surface area contributed by atoms with Crippen LogP contribution in [0.15, 0.2) is 64.2 Å². The third kappa shape index (κ3) is 8.21. The highest BCUT2D eigenvalue weighted by Gasteiger charge is 2.17. The van der Waals surface area contributed by atoms with Crippen LogP contribution in [0.2, 0.25) is 10.0 Å². The lowest BCUT2D eigenvalue weighted by Crippen LogP contribution is -2.47. The molecule has 10 nitrogen and oxygen atoms in total. The average molecular weight is 549 g/mol. The Labute approximate surface area is 222 Å². The summed E-state index contributed by atoms with van der Waals surface area (Å²) in [5, 5.41) is 17.3. The molecule has 3 N–H and O–H groups in total. The molecule has 0 aliphatic carbocycles. The van der Waals surface area contributed by atoms with E-state index in [0.29, 0.717) is 34.6 Å². The van der Waals surface area contributed by atoms with Gasteiger partial charge in [-0.1, -0.05) is 23.2 Å². The topological polar surface area (TPSA) is 136 Å². The van der Waals surface area contributed by atoms with Gasteiger partial charge >= 0.3 is 17.6 Å². The summed E-state index contributed by atoms with van der Waals surface area (Å²) in [7, 11) is 0. The first-order valence-corrected chi connectivity index (χ1v) is 12.2. The van der Waals surface area contributed by atoms with Gasteiger partial charge in [0.15, 0.2) is 0 Å². The maximum atomic E-state index is 12.7. The molecule has 0 bridgehead atoms. The van der Waals surface area contributed by atoms with Gasteiger partial charge < -0.3 is 20.1 Å². The quantitative estimate of drug-likeness (QED) is 0.383. The molecule has 1 aromatic heterocycles. The van der Waals surface area contributed by atoms with Gasteiger partial charge in [0.25, 0.3) is 5.56 Å². The maximum Gasteiger partial charge on any atom is 0.328 e. The molecule has 4 rings (SSSR count). The first-order valence-electron chi connectivity index (χ1n) is 11.4. The first kappa shape index (κ1) is 28.0. The minimum atomic E-state index is -1.26. The van der Waals surface area contributed by atoms with E-state index in [0.717, 1.165) is 44.2 Å². The predicted octanol–water partition coefficient (Wildman–Crippen LogP) is 2.92. The second-order valence-electron chi connectivity index (χ2n) is 8.25. The van der Waals surface area contributed by atoms with E-state index in [1.54, 1.807) is 18.2 Å². The highest BCUT2D eigenvalue weighted by atomic mass is 35.5. The van der Waals surface area contributed by atoms with Crippen molar-refractivity contribution in [2.45, 2.75) is 13.0 Å². The number of H-pyrrole nitrogens is 1. The maximum absolute atomic E-state index is 12.7. The SMILES string of the molecule is O=C(O)/C=C\C(=O)O.O=c1[nH]c2ccc(Cl)cc2c(=O)n1CCCN1CCN(c2ccc(Cl)cc2)CC1. The zero-order valence-electron chi connectivity index (χ0n) is 19.8. The number of hydrogen-bond donors (Lipinski definition) is 3. The van der Waals surface area contributed by atoms with Crippen LogP contribution < -0.4 is 16.1 Å². The van der Waals surface area contributed by atoms with Gasteiger partial charge in [0.1, 0.15) is 0 Å². The summed E-state index contributed by atoms with van der Waals surface area (Å²) in [6, 6.07) is 12.8. The molecule has 0 unspecified atom stereocenters. The lowest BCUT2D eigenvalue weighted by atomic mass is 10.2. The van der Waals surface area contributed by atoms with E-state index in [-0.39, 0.29) is 11.2 Å². The summed E-state index contributed by atoms with van der Waals surface area (Å²) in [5.74, 6) is -2.51. The van der Waals surface area contributed by atoms with E-state index in [1.165, 1.54) is 10.3 Å². The number of aromatic nitrogens is 2. The molecule has 0 atom stereocenters. The number of fused-ring (bicyclic) bond motifs is 1. The highest BCUT2D eigenvalue weighted by Crippen LogP contribution is 2.19. The lowest BCUT2D eigenvalue weighted by molar-refractivity contribution is -0.134. The summed E-state index contributed by atoms with van der Waals surface area (Å²) in [4.78, 5) is 51.5. The number of hydrogen-bond acceptors (Lipinski definition) is 6. The molecule has 2 aromatic carbocycles. The standard InChI is InChI=1S/C21H22Cl2N4O2.C4H4O4/c22-15-2-5-17(6-3-15)26-12-10-25(11-13-26)8-1-9-27-20(28)18-14-16(23)4-7-19(18)24-21(27)29;5-3(6)1-2-4(7)8/h2-7,14H,1,8-13H2,(H,24,29);1-2H,(H,5,6)(H,7,8)/b;2-1-. The number of nitrogens with one attached hydrogen (secondary N) is 1. The fourth-order valence-electron chi connectivity index (χ4n) is 3.90. The van der Waals surface area contributed by atoms with Crippen molar-refractivity contribution in [3.05, 3.63) is 85.5 Å². The number of carbonyl (C=O) groups is 2. The molecule has 1 saturated heterocycles. The number of benzene rings is 2. The van der Waals surface area contributed by atoms with Gasteiger partial charge in [-0.3, -0.25) is 14.3 Å². The van der Waals surface area contributed by atoms with Gasteiger partial charge in [-0.05, 0) is 55.4 Å². The van der Waals surface area contributed by atoms with E-state index < -0.39 is 11.9 Å². The largest absolute Gasteiger partial charge is 0.478 e. The van der Waals surface area contributed by atoms with Crippen LogP contribution >= 0.6 is 23.2 Å². The van der Waals surface area contributed by atoms with Crippen molar-refractivity contribution in [1.29, 1.82) is 0 Å². The van der Waals surface area contributed by atoms with E-state index in [9.17, 15) is 19.2 Å². The van der Waals surface area contributed by atoms with Crippen LogP contribution in [0.4, 0.5) is 5.69 Å². The molecular formula is C25H26Cl2N4O6. The van der Waals surface area contributed by atoms with Crippen LogP contribution in [0.25, 0.3) is 10.9 Å². The third-order valence-corrected chi connectivity index (χ3v) is 6.22. The Kier molecular flexibility index (Phi) is 9.90. The smallest absolute Gasteiger partial charge is 0.328 e. The minimum absolute atomic E-state index is 0.293. The van der Waals surface area contributed by atoms with Crippen molar-refractivity contribution in [1.82, 2.24) is 14.5 Å². The number of halogens is 2. The Morgan fingerprint density at radius 2 is 1.46 bits per heavy atom. The zero-order valence-corrected chi connectivity index (χ0v) is 21.3. The molecule has 1 fully saturated rings. The summed E-state index contributed by atoms with van der Waals surface area (Å²) >= 11 is 12.0. The Morgan fingerprint density at radius 3 is 2.05 bits per heavy atom. The number of anilines is 1. The fraction of sp³-hybridized carbons (Fsp3) is 0.280. The van der Waals surface area contributed by atoms with Crippen molar-refractivity contribution in [2.24, 2.45) is 0 Å². The van der Waals surface area contributed by atoms with Crippen LogP contribution in [0.1, 0.15) is 6.42 Å². The molecule has 196 valence electrons. The number of piperazine rings is 1. The van der Waals surface area contributed by atoms with E-state index in [4.69, 9.17) is 33.4 Å². The molecule has 0 spiro atoms. The van der Waals surface area contributed by atoms with Crippen molar-refractivity contribution < 1.29 is 19.8 Å². The minimum Gasteiger partial charge on any atom is -0.478 e. The third-order valence-electron chi connectivity index (χ3n) is 5.73. The van der Waals surface area contributed by atoms with Gasteiger partial charge in [0.05, 0.1) is 10.9 Å². The van der Waals surface area contributed by atoms with Crippen molar-refractivity contribution in [3.8, 4) is 0 Å². The van der Waals surface area contributed by atoms with Crippen LogP contribution in [0.3, 0.4) is 0 Å². The summed E-state index contributed by atoms with van der Waals surface area (Å²) < 4.78 is 1.27. The number of carboxylic acid groups (broad SMARTS) is 2. The van der Waals surface area contributed by atoms with Crippen molar-refractivity contribution in [2.75, 3.05) is 37.6 Å². The molecule has 0 saturated carbocycles. The van der Waals surface area contributed by atoms with Crippen molar-refractivity contribution >= 4 is 51.7 Å². The van der Waals surface area contributed by atoms with Crippen LogP contribution in [-0.4, -0.2) is 69.3 Å².